The van der Waals surface area contributed by atoms with E-state index in [4.69, 9.17) is 4.74 Å². The summed E-state index contributed by atoms with van der Waals surface area (Å²) in [7, 11) is 0. The van der Waals surface area contributed by atoms with Crippen LogP contribution in [-0.2, 0) is 11.2 Å². The number of carbonyl (C=O) groups excluding carboxylic acids is 1. The smallest absolute Gasteiger partial charge is 0.414 e. The molecule has 0 saturated carbocycles. The molecule has 1 aliphatic rings. The molecule has 3 nitrogen and oxygen atoms in total. The van der Waals surface area contributed by atoms with Crippen molar-refractivity contribution >= 4 is 23.5 Å². The first-order valence-electron chi connectivity index (χ1n) is 6.08. The van der Waals surface area contributed by atoms with E-state index in [2.05, 4.69) is 18.2 Å². The Morgan fingerprint density at radius 3 is 2.72 bits per heavy atom. The van der Waals surface area contributed by atoms with Crippen LogP contribution in [0.25, 0.3) is 0 Å². The van der Waals surface area contributed by atoms with E-state index >= 15 is 0 Å². The highest BCUT2D eigenvalue weighted by molar-refractivity contribution is 7.98. The number of fused-ring (bicyclic) bond motifs is 1. The first-order valence-corrected chi connectivity index (χ1v) is 7.30. The number of anilines is 1. The predicted molar refractivity (Wildman–Crippen MR) is 75.5 cm³/mol. The van der Waals surface area contributed by atoms with Gasteiger partial charge in [0.25, 0.3) is 0 Å². The lowest BCUT2D eigenvalue weighted by Crippen LogP contribution is -2.35. The van der Waals surface area contributed by atoms with Crippen LogP contribution >= 0.6 is 11.8 Å². The van der Waals surface area contributed by atoms with Crippen LogP contribution in [0.3, 0.4) is 0 Å². The summed E-state index contributed by atoms with van der Waals surface area (Å²) in [4.78, 5) is 15.0. The van der Waals surface area contributed by atoms with Crippen LogP contribution < -0.4 is 4.90 Å². The van der Waals surface area contributed by atoms with E-state index in [1.54, 1.807) is 16.7 Å². The quantitative estimate of drug-likeness (QED) is 0.725. The average Bonchev–Trinajstić information content (AvgIpc) is 2.69. The summed E-state index contributed by atoms with van der Waals surface area (Å²) in [5.74, 6) is 0. The fourth-order valence-electron chi connectivity index (χ4n) is 1.99. The number of ether oxygens (including phenoxy) is 1. The van der Waals surface area contributed by atoms with E-state index in [-0.39, 0.29) is 6.09 Å². The lowest BCUT2D eigenvalue weighted by atomic mass is 10.2. The summed E-state index contributed by atoms with van der Waals surface area (Å²) in [6, 6.07) is 6.27. The van der Waals surface area contributed by atoms with Gasteiger partial charge in [-0.1, -0.05) is 6.07 Å². The van der Waals surface area contributed by atoms with Gasteiger partial charge in [-0.3, -0.25) is 4.90 Å². The fourth-order valence-corrected chi connectivity index (χ4v) is 2.43. The molecule has 0 unspecified atom stereocenters. The third kappa shape index (κ3) is 2.80. The van der Waals surface area contributed by atoms with Gasteiger partial charge in [0.05, 0.1) is 5.69 Å². The Bertz CT molecular complexity index is 465. The Morgan fingerprint density at radius 1 is 1.39 bits per heavy atom. The number of carbonyl (C=O) groups is 1. The van der Waals surface area contributed by atoms with Gasteiger partial charge in [-0.25, -0.2) is 4.79 Å². The molecule has 0 fully saturated rings. The molecule has 1 amide bonds. The molecule has 1 heterocycles. The first kappa shape index (κ1) is 13.3. The second kappa shape index (κ2) is 4.84. The number of nitrogens with zero attached hydrogens (tertiary/aromatic N) is 1. The van der Waals surface area contributed by atoms with Crippen LogP contribution in [0.1, 0.15) is 26.3 Å². The zero-order chi connectivity index (χ0) is 13.3. The maximum absolute atomic E-state index is 12.1. The summed E-state index contributed by atoms with van der Waals surface area (Å²) in [6.07, 6.45) is 2.69. The molecule has 0 bridgehead atoms. The lowest BCUT2D eigenvalue weighted by molar-refractivity contribution is 0.0584. The zero-order valence-electron chi connectivity index (χ0n) is 11.3. The number of benzene rings is 1. The maximum atomic E-state index is 12.1. The Labute approximate surface area is 113 Å². The molecule has 1 aromatic carbocycles. The van der Waals surface area contributed by atoms with Gasteiger partial charge in [0, 0.05) is 11.4 Å². The normalized spacial score (nSPS) is 14.6. The Hall–Kier alpha value is -1.16. The minimum Gasteiger partial charge on any atom is -0.443 e. The SMILES string of the molecule is CSc1ccc2c(c1)N(C(=O)OC(C)(C)C)CC2. The molecule has 0 radical (unpaired) electrons. The molecule has 0 spiro atoms. The number of amides is 1. The molecule has 2 rings (SSSR count). The molecule has 4 heteroatoms. The van der Waals surface area contributed by atoms with Crippen molar-refractivity contribution in [2.45, 2.75) is 37.7 Å². The summed E-state index contributed by atoms with van der Waals surface area (Å²) < 4.78 is 5.43. The minimum absolute atomic E-state index is 0.250. The first-order chi connectivity index (χ1) is 8.40. The number of rotatable bonds is 1. The summed E-state index contributed by atoms with van der Waals surface area (Å²) >= 11 is 1.68. The van der Waals surface area contributed by atoms with E-state index in [9.17, 15) is 4.79 Å². The Morgan fingerprint density at radius 2 is 2.11 bits per heavy atom. The van der Waals surface area contributed by atoms with Gasteiger partial charge in [0.1, 0.15) is 5.60 Å². The molecule has 0 N–H and O–H groups in total. The van der Waals surface area contributed by atoms with Crippen LogP contribution in [-0.4, -0.2) is 24.5 Å². The van der Waals surface area contributed by atoms with Crippen molar-refractivity contribution in [3.63, 3.8) is 0 Å². The molecular weight excluding hydrogens is 246 g/mol. The third-order valence-electron chi connectivity index (χ3n) is 2.80. The molecule has 1 aliphatic heterocycles. The standard InChI is InChI=1S/C14H19NO2S/c1-14(2,3)17-13(16)15-8-7-10-5-6-11(18-4)9-12(10)15/h5-6,9H,7-8H2,1-4H3. The summed E-state index contributed by atoms with van der Waals surface area (Å²) in [6.45, 7) is 6.38. The molecule has 98 valence electrons. The van der Waals surface area contributed by atoms with Crippen LogP contribution in [0.15, 0.2) is 23.1 Å². The second-order valence-corrected chi connectivity index (χ2v) is 6.26. The maximum Gasteiger partial charge on any atom is 0.414 e. The number of thioether (sulfide) groups is 1. The second-order valence-electron chi connectivity index (χ2n) is 5.38. The van der Waals surface area contributed by atoms with E-state index in [1.807, 2.05) is 27.0 Å². The van der Waals surface area contributed by atoms with E-state index in [1.165, 1.54) is 10.5 Å². The number of hydrogen-bond acceptors (Lipinski definition) is 3. The minimum atomic E-state index is -0.447. The van der Waals surface area contributed by atoms with Crippen molar-refractivity contribution in [1.29, 1.82) is 0 Å². The van der Waals surface area contributed by atoms with Gasteiger partial charge in [-0.2, -0.15) is 0 Å². The monoisotopic (exact) mass is 265 g/mol. The molecular formula is C14H19NO2S. The number of hydrogen-bond donors (Lipinski definition) is 0. The van der Waals surface area contributed by atoms with Crippen molar-refractivity contribution in [2.24, 2.45) is 0 Å². The molecule has 1 aromatic rings. The average molecular weight is 265 g/mol. The van der Waals surface area contributed by atoms with Crippen molar-refractivity contribution in [3.8, 4) is 0 Å². The van der Waals surface area contributed by atoms with Crippen LogP contribution in [0, 0.1) is 0 Å². The highest BCUT2D eigenvalue weighted by Gasteiger charge is 2.28. The molecule has 0 aliphatic carbocycles. The van der Waals surface area contributed by atoms with E-state index in [0.717, 1.165) is 12.1 Å². The highest BCUT2D eigenvalue weighted by Crippen LogP contribution is 2.32. The van der Waals surface area contributed by atoms with Gasteiger partial charge in [0.15, 0.2) is 0 Å². The molecule has 0 saturated heterocycles. The highest BCUT2D eigenvalue weighted by atomic mass is 32.2. The topological polar surface area (TPSA) is 29.5 Å². The van der Waals surface area contributed by atoms with Gasteiger partial charge < -0.3 is 4.74 Å². The molecule has 0 atom stereocenters. The van der Waals surface area contributed by atoms with Gasteiger partial charge in [0.2, 0.25) is 0 Å². The predicted octanol–water partition coefficient (Wildman–Crippen LogP) is 3.71. The van der Waals surface area contributed by atoms with Gasteiger partial charge in [-0.05, 0) is 51.1 Å². The lowest BCUT2D eigenvalue weighted by Gasteiger charge is -2.25. The zero-order valence-corrected chi connectivity index (χ0v) is 12.1. The van der Waals surface area contributed by atoms with E-state index in [0.29, 0.717) is 6.54 Å². The van der Waals surface area contributed by atoms with Crippen molar-refractivity contribution in [1.82, 2.24) is 0 Å². The van der Waals surface area contributed by atoms with Crippen molar-refractivity contribution in [2.75, 3.05) is 17.7 Å². The summed E-state index contributed by atoms with van der Waals surface area (Å²) in [5, 5.41) is 0. The van der Waals surface area contributed by atoms with Crippen molar-refractivity contribution < 1.29 is 9.53 Å². The van der Waals surface area contributed by atoms with Crippen molar-refractivity contribution in [3.05, 3.63) is 23.8 Å². The Kier molecular flexibility index (Phi) is 3.57. The van der Waals surface area contributed by atoms with Crippen LogP contribution in [0.4, 0.5) is 10.5 Å². The molecule has 0 aromatic heterocycles. The van der Waals surface area contributed by atoms with Gasteiger partial charge >= 0.3 is 6.09 Å². The fraction of sp³-hybridized carbons (Fsp3) is 0.500. The van der Waals surface area contributed by atoms with Crippen LogP contribution in [0.2, 0.25) is 0 Å². The van der Waals surface area contributed by atoms with Gasteiger partial charge in [-0.15, -0.1) is 11.8 Å². The van der Waals surface area contributed by atoms with Crippen LogP contribution in [0.5, 0.6) is 0 Å². The molecule has 18 heavy (non-hydrogen) atoms. The Balaban J connectivity index is 2.22. The largest absolute Gasteiger partial charge is 0.443 e. The summed E-state index contributed by atoms with van der Waals surface area (Å²) in [5.41, 5.74) is 1.77. The van der Waals surface area contributed by atoms with E-state index < -0.39 is 5.60 Å². The third-order valence-corrected chi connectivity index (χ3v) is 3.53.